The van der Waals surface area contributed by atoms with E-state index in [2.05, 4.69) is 42.7 Å². The van der Waals surface area contributed by atoms with E-state index < -0.39 is 52.9 Å². The van der Waals surface area contributed by atoms with Crippen LogP contribution in [-0.2, 0) is 41.2 Å². The molecule has 1 aliphatic carbocycles. The zero-order chi connectivity index (χ0) is 44.5. The van der Waals surface area contributed by atoms with Gasteiger partial charge in [-0.2, -0.15) is 29.8 Å². The molecule has 0 bridgehead atoms. The summed E-state index contributed by atoms with van der Waals surface area (Å²) in [5.41, 5.74) is 8.11. The molecule has 2 heterocycles. The van der Waals surface area contributed by atoms with Crippen LogP contribution in [0.1, 0.15) is 99.7 Å². The number of carboxylic acids is 1. The maximum absolute atomic E-state index is 12.2. The third kappa shape index (κ3) is 10.3. The number of carboxylic acid groups (broad SMARTS) is 1. The molecule has 0 saturated heterocycles. The highest BCUT2D eigenvalue weighted by Gasteiger charge is 2.44. The first-order chi connectivity index (χ1) is 28.5. The van der Waals surface area contributed by atoms with Gasteiger partial charge in [-0.05, 0) is 117 Å². The molecule has 0 saturated carbocycles. The lowest BCUT2D eigenvalue weighted by Gasteiger charge is -2.28. The van der Waals surface area contributed by atoms with E-state index in [0.717, 1.165) is 57.8 Å². The number of para-hydroxylation sites is 1. The van der Waals surface area contributed by atoms with Crippen LogP contribution in [0.4, 0.5) is 11.4 Å². The standard InChI is InChI=1S/C45H52N2O11S3/c1-44(2)36-14-5-6-15-38(36)46(26-7-9-28-59(50,51)52)40(44)24-20-31-12-11-13-32(42(31)33-16-18-34(19-17-33)43(48)49)21-25-41-45(3,4)37-30-35(61(56,57)58)22-23-39(37)47(41)27-8-10-29-60(53,54)55/h5-6,14-25,30H,7-13,26-29H2,1-4H3,(H3-,48,49,50,51,52,53,54,55,56,57,58)/p+1. The highest BCUT2D eigenvalue weighted by molar-refractivity contribution is 7.86. The van der Waals surface area contributed by atoms with Crippen LogP contribution in [0.15, 0.2) is 113 Å². The van der Waals surface area contributed by atoms with E-state index in [-0.39, 0.29) is 22.6 Å². The summed E-state index contributed by atoms with van der Waals surface area (Å²) in [6.45, 7) is 9.10. The summed E-state index contributed by atoms with van der Waals surface area (Å²) in [6.07, 6.45) is 11.9. The average molecular weight is 894 g/mol. The van der Waals surface area contributed by atoms with Crippen molar-refractivity contribution in [1.82, 2.24) is 0 Å². The fraction of sp³-hybridized carbons (Fsp3) is 0.378. The van der Waals surface area contributed by atoms with Crippen LogP contribution >= 0.6 is 0 Å². The molecule has 3 aromatic carbocycles. The second kappa shape index (κ2) is 17.6. The summed E-state index contributed by atoms with van der Waals surface area (Å²) in [6, 6.07) is 19.3. The summed E-state index contributed by atoms with van der Waals surface area (Å²) in [4.78, 5) is 13.6. The maximum atomic E-state index is 12.2. The largest absolute Gasteiger partial charge is 0.478 e. The molecule has 0 atom stereocenters. The van der Waals surface area contributed by atoms with Gasteiger partial charge in [-0.25, -0.2) is 4.79 Å². The van der Waals surface area contributed by atoms with Gasteiger partial charge in [0, 0.05) is 47.5 Å². The van der Waals surface area contributed by atoms with Crippen LogP contribution in [0.5, 0.6) is 0 Å². The molecule has 0 unspecified atom stereocenters. The van der Waals surface area contributed by atoms with Gasteiger partial charge in [0.2, 0.25) is 5.69 Å². The normalized spacial score (nSPS) is 19.0. The molecule has 4 N–H and O–H groups in total. The molecule has 61 heavy (non-hydrogen) atoms. The van der Waals surface area contributed by atoms with Gasteiger partial charge in [-0.3, -0.25) is 13.7 Å². The first-order valence-electron chi connectivity index (χ1n) is 20.2. The summed E-state index contributed by atoms with van der Waals surface area (Å²) in [5, 5.41) is 9.71. The first kappa shape index (κ1) is 45.8. The van der Waals surface area contributed by atoms with Crippen molar-refractivity contribution in [3.05, 3.63) is 130 Å². The Morgan fingerprint density at radius 3 is 2.05 bits per heavy atom. The smallest absolute Gasteiger partial charge is 0.335 e. The van der Waals surface area contributed by atoms with E-state index in [4.69, 9.17) is 0 Å². The van der Waals surface area contributed by atoms with E-state index in [1.807, 2.05) is 43.0 Å². The highest BCUT2D eigenvalue weighted by atomic mass is 32.2. The lowest BCUT2D eigenvalue weighted by atomic mass is 9.79. The Kier molecular flexibility index (Phi) is 13.2. The molecule has 3 aromatic rings. The Balaban J connectivity index is 1.47. The predicted molar refractivity (Wildman–Crippen MR) is 237 cm³/mol. The van der Waals surface area contributed by atoms with Crippen molar-refractivity contribution in [3.8, 4) is 0 Å². The van der Waals surface area contributed by atoms with Gasteiger partial charge in [-0.15, -0.1) is 0 Å². The number of nitrogens with zero attached hydrogens (tertiary/aromatic N) is 2. The van der Waals surface area contributed by atoms with Crippen molar-refractivity contribution in [2.45, 2.75) is 88.4 Å². The molecule has 3 aliphatic rings. The number of benzene rings is 3. The number of fused-ring (bicyclic) bond motifs is 2. The van der Waals surface area contributed by atoms with Gasteiger partial charge >= 0.3 is 5.97 Å². The number of aromatic carboxylic acids is 1. The van der Waals surface area contributed by atoms with Crippen molar-refractivity contribution < 1.29 is 53.4 Å². The molecule has 6 rings (SSSR count). The molecule has 2 aliphatic heterocycles. The molecule has 13 nitrogen and oxygen atoms in total. The lowest BCUT2D eigenvalue weighted by molar-refractivity contribution is -0.438. The quantitative estimate of drug-likeness (QED) is 0.0611. The van der Waals surface area contributed by atoms with Crippen LogP contribution in [0.25, 0.3) is 5.57 Å². The fourth-order valence-corrected chi connectivity index (χ4v) is 10.5. The minimum absolute atomic E-state index is 0.148. The van der Waals surface area contributed by atoms with Gasteiger partial charge < -0.3 is 10.0 Å². The monoisotopic (exact) mass is 893 g/mol. The number of unbranched alkanes of at least 4 members (excludes halogenated alkanes) is 2. The van der Waals surface area contributed by atoms with Crippen LogP contribution < -0.4 is 4.90 Å². The molecular weight excluding hydrogens is 841 g/mol. The van der Waals surface area contributed by atoms with Crippen LogP contribution in [0.3, 0.4) is 0 Å². The molecule has 0 aromatic heterocycles. The highest BCUT2D eigenvalue weighted by Crippen LogP contribution is 2.49. The van der Waals surface area contributed by atoms with Gasteiger partial charge in [0.1, 0.15) is 6.54 Å². The minimum Gasteiger partial charge on any atom is -0.478 e. The van der Waals surface area contributed by atoms with Gasteiger partial charge in [-0.1, -0.05) is 56.3 Å². The Labute approximate surface area is 358 Å². The molecule has 0 fully saturated rings. The van der Waals surface area contributed by atoms with Crippen molar-refractivity contribution >= 4 is 59.0 Å². The SMILES string of the molecule is CC1(C)C(/C=C/C2=C(c3ccc(C(=O)O)cc3)C(=C/C=C3/N(CCCCS(=O)(=O)O)c4ccc(S(=O)(=O)O)cc4C3(C)C)/CCC2)=[N+](CCCCS(=O)(=O)O)c2ccccc21. The van der Waals surface area contributed by atoms with Crippen molar-refractivity contribution in [3.63, 3.8) is 0 Å². The second-order valence-corrected chi connectivity index (χ2v) is 21.4. The van der Waals surface area contributed by atoms with Gasteiger partial charge in [0.25, 0.3) is 30.4 Å². The van der Waals surface area contributed by atoms with Crippen molar-refractivity contribution in [2.75, 3.05) is 29.5 Å². The molecule has 16 heteroatoms. The molecule has 326 valence electrons. The van der Waals surface area contributed by atoms with E-state index in [1.165, 1.54) is 12.1 Å². The predicted octanol–water partition coefficient (Wildman–Crippen LogP) is 8.15. The third-order valence-electron chi connectivity index (χ3n) is 11.9. The number of carbonyl (C=O) groups is 1. The number of allylic oxidation sites excluding steroid dienone is 8. The third-order valence-corrected chi connectivity index (χ3v) is 14.3. The summed E-state index contributed by atoms with van der Waals surface area (Å²) >= 11 is 0. The van der Waals surface area contributed by atoms with Crippen molar-refractivity contribution in [2.24, 2.45) is 0 Å². The topological polar surface area (TPSA) is 207 Å². The number of hydrogen-bond donors (Lipinski definition) is 4. The molecule has 0 radical (unpaired) electrons. The Hall–Kier alpha value is -4.71. The number of hydrogen-bond acceptors (Lipinski definition) is 8. The molecular formula is C45H53N2O11S3+. The Morgan fingerprint density at radius 1 is 0.754 bits per heavy atom. The van der Waals surface area contributed by atoms with E-state index in [0.29, 0.717) is 50.0 Å². The molecule has 0 spiro atoms. The number of anilines is 1. The van der Waals surface area contributed by atoms with Crippen molar-refractivity contribution in [1.29, 1.82) is 0 Å². The molecule has 0 amide bonds. The Morgan fingerprint density at radius 2 is 1.41 bits per heavy atom. The second-order valence-electron chi connectivity index (χ2n) is 16.8. The van der Waals surface area contributed by atoms with Gasteiger partial charge in [0.15, 0.2) is 5.71 Å². The van der Waals surface area contributed by atoms with Gasteiger partial charge in [0.05, 0.1) is 27.4 Å². The fourth-order valence-electron chi connectivity index (χ4n) is 8.81. The lowest BCUT2D eigenvalue weighted by Crippen LogP contribution is -2.28. The van der Waals surface area contributed by atoms with E-state index >= 15 is 0 Å². The minimum atomic E-state index is -4.51. The maximum Gasteiger partial charge on any atom is 0.335 e. The number of rotatable bonds is 16. The summed E-state index contributed by atoms with van der Waals surface area (Å²) < 4.78 is 101. The van der Waals surface area contributed by atoms with E-state index in [1.54, 1.807) is 30.3 Å². The zero-order valence-corrected chi connectivity index (χ0v) is 37.2. The van der Waals surface area contributed by atoms with E-state index in [9.17, 15) is 48.8 Å². The zero-order valence-electron chi connectivity index (χ0n) is 34.7. The first-order valence-corrected chi connectivity index (χ1v) is 24.9. The summed E-state index contributed by atoms with van der Waals surface area (Å²) in [5.74, 6) is -1.76. The average Bonchev–Trinajstić information content (AvgIpc) is 3.52. The van der Waals surface area contributed by atoms with Crippen LogP contribution in [0, 0.1) is 0 Å². The summed E-state index contributed by atoms with van der Waals surface area (Å²) in [7, 11) is -12.8. The van der Waals surface area contributed by atoms with Crippen LogP contribution in [-0.4, -0.2) is 84.9 Å². The Bertz CT molecular complexity index is 2730. The van der Waals surface area contributed by atoms with Crippen LogP contribution in [0.2, 0.25) is 0 Å².